The van der Waals surface area contributed by atoms with Crippen molar-refractivity contribution in [1.29, 1.82) is 0 Å². The molecule has 6 nitrogen and oxygen atoms in total. The maximum Gasteiger partial charge on any atom is 0.416 e. The lowest BCUT2D eigenvalue weighted by Crippen LogP contribution is -2.34. The van der Waals surface area contributed by atoms with Crippen molar-refractivity contribution in [2.24, 2.45) is 0 Å². The number of fused-ring (bicyclic) bond motifs is 1. The summed E-state index contributed by atoms with van der Waals surface area (Å²) in [5, 5.41) is 24.5. The number of halogens is 3. The molecule has 0 bridgehead atoms. The average Bonchev–Trinajstić information content (AvgIpc) is 3.37. The van der Waals surface area contributed by atoms with Gasteiger partial charge in [0.1, 0.15) is 5.01 Å². The van der Waals surface area contributed by atoms with Crippen LogP contribution in [0, 0.1) is 6.92 Å². The number of anilines is 1. The maximum atomic E-state index is 12.9. The molecule has 2 aromatic carbocycles. The molecule has 3 N–H and O–H groups in total. The lowest BCUT2D eigenvalue weighted by atomic mass is 10.0. The number of H-pyrrole nitrogens is 1. The number of nitrogens with one attached hydrogen (secondary N) is 3. The van der Waals surface area contributed by atoms with Gasteiger partial charge in [0.05, 0.1) is 16.8 Å². The van der Waals surface area contributed by atoms with Crippen molar-refractivity contribution < 1.29 is 13.2 Å². The highest BCUT2D eigenvalue weighted by molar-refractivity contribution is 7.18. The van der Waals surface area contributed by atoms with Crippen LogP contribution in [0.5, 0.6) is 0 Å². The summed E-state index contributed by atoms with van der Waals surface area (Å²) in [6, 6.07) is 11.3. The molecule has 0 spiro atoms. The molecule has 1 atom stereocenters. The van der Waals surface area contributed by atoms with Gasteiger partial charge in [-0.05, 0) is 50.2 Å². The van der Waals surface area contributed by atoms with Crippen molar-refractivity contribution in [2.45, 2.75) is 25.6 Å². The van der Waals surface area contributed by atoms with Crippen molar-refractivity contribution in [3.05, 3.63) is 59.3 Å². The van der Waals surface area contributed by atoms with Gasteiger partial charge in [-0.3, -0.25) is 5.10 Å². The number of aryl methyl sites for hydroxylation is 1. The van der Waals surface area contributed by atoms with Gasteiger partial charge in [-0.1, -0.05) is 29.5 Å². The molecule has 4 rings (SSSR count). The molecule has 4 aromatic rings. The molecular weight excluding hydrogens is 425 g/mol. The van der Waals surface area contributed by atoms with Crippen LogP contribution < -0.4 is 10.6 Å². The molecule has 2 aromatic heterocycles. The minimum atomic E-state index is -4.34. The average molecular weight is 447 g/mol. The van der Waals surface area contributed by atoms with Crippen molar-refractivity contribution in [3.63, 3.8) is 0 Å². The molecule has 162 valence electrons. The van der Waals surface area contributed by atoms with E-state index >= 15 is 0 Å². The molecule has 0 aliphatic heterocycles. The van der Waals surface area contributed by atoms with E-state index < -0.39 is 11.7 Å². The van der Waals surface area contributed by atoms with Crippen LogP contribution in [-0.2, 0) is 12.6 Å². The molecule has 0 amide bonds. The monoisotopic (exact) mass is 446 g/mol. The Balaban J connectivity index is 1.41. The molecule has 0 saturated carbocycles. The standard InChI is InChI=1S/C21H21F3N6S/c1-12-17-10-14(6-7-18(17)28-27-12)19-29-30-20(31-19)26-11-16(25-2)9-13-4-3-5-15(8-13)21(22,23)24/h3-8,10,16,25H,9,11H2,1-2H3,(H,26,30)(H,27,28)/t16-/m1/s1. The molecule has 0 unspecified atom stereocenters. The number of aromatic amines is 1. The zero-order valence-corrected chi connectivity index (χ0v) is 17.7. The molecule has 0 fully saturated rings. The van der Waals surface area contributed by atoms with E-state index in [0.717, 1.165) is 33.2 Å². The number of aromatic nitrogens is 4. The second-order valence-corrected chi connectivity index (χ2v) is 8.23. The first-order valence-corrected chi connectivity index (χ1v) is 10.5. The van der Waals surface area contributed by atoms with E-state index in [4.69, 9.17) is 0 Å². The summed E-state index contributed by atoms with van der Waals surface area (Å²) in [5.41, 5.74) is 2.84. The summed E-state index contributed by atoms with van der Waals surface area (Å²) in [6.45, 7) is 2.44. The van der Waals surface area contributed by atoms with Crippen LogP contribution in [0.15, 0.2) is 42.5 Å². The Hall–Kier alpha value is -2.98. The van der Waals surface area contributed by atoms with Crippen LogP contribution in [-0.4, -0.2) is 40.0 Å². The summed E-state index contributed by atoms with van der Waals surface area (Å²) in [4.78, 5) is 0. The summed E-state index contributed by atoms with van der Waals surface area (Å²) in [7, 11) is 1.79. The van der Waals surface area contributed by atoms with Crippen LogP contribution in [0.25, 0.3) is 21.5 Å². The van der Waals surface area contributed by atoms with E-state index in [-0.39, 0.29) is 6.04 Å². The van der Waals surface area contributed by atoms with E-state index in [9.17, 15) is 13.2 Å². The van der Waals surface area contributed by atoms with E-state index in [1.807, 2.05) is 25.1 Å². The zero-order chi connectivity index (χ0) is 22.0. The summed E-state index contributed by atoms with van der Waals surface area (Å²) >= 11 is 1.43. The number of alkyl halides is 3. The Bertz CT molecular complexity index is 1180. The predicted molar refractivity (Wildman–Crippen MR) is 116 cm³/mol. The van der Waals surface area contributed by atoms with Crippen molar-refractivity contribution >= 4 is 27.4 Å². The minimum absolute atomic E-state index is 0.0687. The van der Waals surface area contributed by atoms with Gasteiger partial charge in [0.25, 0.3) is 0 Å². The molecular formula is C21H21F3N6S. The van der Waals surface area contributed by atoms with Crippen LogP contribution in [0.2, 0.25) is 0 Å². The van der Waals surface area contributed by atoms with Crippen LogP contribution >= 0.6 is 11.3 Å². The molecule has 31 heavy (non-hydrogen) atoms. The van der Waals surface area contributed by atoms with Crippen molar-refractivity contribution in [3.8, 4) is 10.6 Å². The van der Waals surface area contributed by atoms with Crippen molar-refractivity contribution in [2.75, 3.05) is 18.9 Å². The lowest BCUT2D eigenvalue weighted by molar-refractivity contribution is -0.137. The molecule has 2 heterocycles. The van der Waals surface area contributed by atoms with Gasteiger partial charge in [-0.2, -0.15) is 18.3 Å². The number of rotatable bonds is 7. The Morgan fingerprint density at radius 1 is 1.13 bits per heavy atom. The number of hydrogen-bond donors (Lipinski definition) is 3. The zero-order valence-electron chi connectivity index (χ0n) is 16.9. The minimum Gasteiger partial charge on any atom is -0.358 e. The third-order valence-corrected chi connectivity index (χ3v) is 6.00. The first-order chi connectivity index (χ1) is 14.8. The number of likely N-dealkylation sites (N-methyl/N-ethyl adjacent to an activating group) is 1. The highest BCUT2D eigenvalue weighted by Gasteiger charge is 2.30. The van der Waals surface area contributed by atoms with Crippen molar-refractivity contribution in [1.82, 2.24) is 25.7 Å². The normalized spacial score (nSPS) is 12.9. The van der Waals surface area contributed by atoms with Gasteiger partial charge in [0, 0.05) is 23.5 Å². The van der Waals surface area contributed by atoms with Gasteiger partial charge in [0.15, 0.2) is 0 Å². The summed E-state index contributed by atoms with van der Waals surface area (Å²) in [5.74, 6) is 0. The highest BCUT2D eigenvalue weighted by atomic mass is 32.1. The van der Waals surface area contributed by atoms with E-state index in [1.54, 1.807) is 13.1 Å². The molecule has 0 radical (unpaired) electrons. The Morgan fingerprint density at radius 2 is 1.97 bits per heavy atom. The lowest BCUT2D eigenvalue weighted by Gasteiger charge is -2.17. The second-order valence-electron chi connectivity index (χ2n) is 7.25. The molecule has 10 heteroatoms. The second kappa shape index (κ2) is 8.64. The fourth-order valence-corrected chi connectivity index (χ4v) is 4.08. The molecule has 0 aliphatic rings. The Morgan fingerprint density at radius 3 is 2.74 bits per heavy atom. The van der Waals surface area contributed by atoms with Gasteiger partial charge in [-0.25, -0.2) is 0 Å². The summed E-state index contributed by atoms with van der Waals surface area (Å²) in [6.07, 6.45) is -3.89. The molecule has 0 saturated heterocycles. The first kappa shape index (κ1) is 21.3. The number of benzene rings is 2. The smallest absolute Gasteiger partial charge is 0.358 e. The number of hydrogen-bond acceptors (Lipinski definition) is 6. The number of nitrogens with zero attached hydrogens (tertiary/aromatic N) is 3. The van der Waals surface area contributed by atoms with Gasteiger partial charge < -0.3 is 10.6 Å². The predicted octanol–water partition coefficient (Wildman–Crippen LogP) is 4.65. The van der Waals surface area contributed by atoms with Gasteiger partial charge in [-0.15, -0.1) is 10.2 Å². The highest BCUT2D eigenvalue weighted by Crippen LogP contribution is 2.31. The largest absolute Gasteiger partial charge is 0.416 e. The fraction of sp³-hybridized carbons (Fsp3) is 0.286. The van der Waals surface area contributed by atoms with Crippen LogP contribution in [0.1, 0.15) is 16.8 Å². The third kappa shape index (κ3) is 4.86. The third-order valence-electron chi connectivity index (χ3n) is 5.07. The fourth-order valence-electron chi connectivity index (χ4n) is 3.34. The molecule has 0 aliphatic carbocycles. The first-order valence-electron chi connectivity index (χ1n) is 9.69. The Labute approximate surface area is 180 Å². The quantitative estimate of drug-likeness (QED) is 0.385. The Kier molecular flexibility index (Phi) is 5.92. The van der Waals surface area contributed by atoms with Gasteiger partial charge >= 0.3 is 6.18 Å². The topological polar surface area (TPSA) is 78.5 Å². The SMILES string of the molecule is CN[C@@H](CNc1nnc(-c2ccc3[nH]nc(C)c3c2)s1)Cc1cccc(C(F)(F)F)c1. The van der Waals surface area contributed by atoms with E-state index in [1.165, 1.54) is 23.5 Å². The van der Waals surface area contributed by atoms with Crippen LogP contribution in [0.4, 0.5) is 18.3 Å². The summed E-state index contributed by atoms with van der Waals surface area (Å²) < 4.78 is 38.8. The maximum absolute atomic E-state index is 12.9. The van der Waals surface area contributed by atoms with Gasteiger partial charge in [0.2, 0.25) is 5.13 Å². The van der Waals surface area contributed by atoms with Crippen LogP contribution in [0.3, 0.4) is 0 Å². The van der Waals surface area contributed by atoms with E-state index in [2.05, 4.69) is 31.0 Å². The van der Waals surface area contributed by atoms with E-state index in [0.29, 0.717) is 23.7 Å².